The van der Waals surface area contributed by atoms with Crippen molar-refractivity contribution in [3.8, 4) is 11.5 Å². The van der Waals surface area contributed by atoms with E-state index in [1.54, 1.807) is 48.5 Å². The first-order valence-electron chi connectivity index (χ1n) is 8.10. The molecule has 2 aromatic rings. The highest BCUT2D eigenvalue weighted by Crippen LogP contribution is 2.24. The Morgan fingerprint density at radius 3 is 1.28 bits per heavy atom. The average Bonchev–Trinajstić information content (AvgIpc) is 2.68. The van der Waals surface area contributed by atoms with Crippen molar-refractivity contribution in [1.82, 2.24) is 0 Å². The number of amides is 2. The first-order chi connectivity index (χ1) is 13.8. The molecule has 0 aliphatic rings. The van der Waals surface area contributed by atoms with Crippen LogP contribution in [0.1, 0.15) is 0 Å². The highest BCUT2D eigenvalue weighted by Gasteiger charge is 2.02. The van der Waals surface area contributed by atoms with Crippen LogP contribution < -0.4 is 25.6 Å². The molecule has 0 aliphatic carbocycles. The van der Waals surface area contributed by atoms with Gasteiger partial charge in [-0.2, -0.15) is 0 Å². The number of carbonyl (C=O) groups excluding carboxylic acids is 4. The average molecular weight is 394 g/mol. The standard InChI is InChI=1S/C20H16N2O7/c23-17(9-11-19(25)26)21-13-1-5-15(6-2-13)29-16-7-3-14(4-8-16)22-18(24)10-12-20(27)28/h1-12H,(H,21,23)(H,22,24)(H,25,26)(H,27,28)/p-2. The molecule has 0 aromatic heterocycles. The number of aliphatic carboxylic acids is 2. The number of anilines is 2. The molecule has 0 saturated heterocycles. The highest BCUT2D eigenvalue weighted by molar-refractivity contribution is 6.02. The molecular formula is C20H14N2O7-2. The van der Waals surface area contributed by atoms with Gasteiger partial charge >= 0.3 is 0 Å². The first-order valence-corrected chi connectivity index (χ1v) is 8.10. The van der Waals surface area contributed by atoms with E-state index < -0.39 is 23.8 Å². The van der Waals surface area contributed by atoms with Gasteiger partial charge in [0, 0.05) is 23.5 Å². The normalized spacial score (nSPS) is 10.6. The highest BCUT2D eigenvalue weighted by atomic mass is 16.5. The Balaban J connectivity index is 1.91. The van der Waals surface area contributed by atoms with Crippen LogP contribution >= 0.6 is 0 Å². The van der Waals surface area contributed by atoms with Gasteiger partial charge in [0.25, 0.3) is 0 Å². The summed E-state index contributed by atoms with van der Waals surface area (Å²) >= 11 is 0. The Morgan fingerprint density at radius 2 is 0.966 bits per heavy atom. The predicted octanol–water partition coefficient (Wildman–Crippen LogP) is -0.0319. The molecule has 2 N–H and O–H groups in total. The van der Waals surface area contributed by atoms with Gasteiger partial charge in [0.15, 0.2) is 0 Å². The number of ether oxygens (including phenoxy) is 1. The Morgan fingerprint density at radius 1 is 0.621 bits per heavy atom. The number of carboxylic acid groups (broad SMARTS) is 2. The van der Waals surface area contributed by atoms with E-state index >= 15 is 0 Å². The number of hydrogen-bond acceptors (Lipinski definition) is 7. The lowest BCUT2D eigenvalue weighted by atomic mass is 10.2. The molecule has 0 heterocycles. The summed E-state index contributed by atoms with van der Waals surface area (Å²) < 4.78 is 5.63. The second kappa shape index (κ2) is 10.1. The molecule has 0 unspecified atom stereocenters. The van der Waals surface area contributed by atoms with Crippen LogP contribution in [0.3, 0.4) is 0 Å². The van der Waals surface area contributed by atoms with E-state index in [0.29, 0.717) is 35.0 Å². The Kier molecular flexibility index (Phi) is 7.26. The molecule has 2 rings (SSSR count). The molecule has 0 radical (unpaired) electrons. The maximum absolute atomic E-state index is 11.5. The molecule has 0 saturated carbocycles. The van der Waals surface area contributed by atoms with Crippen molar-refractivity contribution in [2.24, 2.45) is 0 Å². The van der Waals surface area contributed by atoms with Crippen molar-refractivity contribution in [1.29, 1.82) is 0 Å². The maximum atomic E-state index is 11.5. The molecule has 2 amide bonds. The Hall–Kier alpha value is -4.40. The molecule has 0 bridgehead atoms. The van der Waals surface area contributed by atoms with Gasteiger partial charge in [0.1, 0.15) is 11.5 Å². The summed E-state index contributed by atoms with van der Waals surface area (Å²) in [5, 5.41) is 25.5. The number of rotatable bonds is 8. The number of carbonyl (C=O) groups is 4. The fraction of sp³-hybridized carbons (Fsp3) is 0. The summed E-state index contributed by atoms with van der Waals surface area (Å²) in [7, 11) is 0. The SMILES string of the molecule is O=C([O-])C=CC(=O)Nc1ccc(Oc2ccc(NC(=O)C=CC(=O)[O-])cc2)cc1. The fourth-order valence-corrected chi connectivity index (χ4v) is 2.00. The van der Waals surface area contributed by atoms with E-state index in [4.69, 9.17) is 4.74 Å². The third-order valence-corrected chi connectivity index (χ3v) is 3.22. The molecule has 9 heteroatoms. The van der Waals surface area contributed by atoms with Gasteiger partial charge in [-0.15, -0.1) is 0 Å². The van der Waals surface area contributed by atoms with Crippen molar-refractivity contribution in [3.05, 3.63) is 72.8 Å². The monoisotopic (exact) mass is 394 g/mol. The third kappa shape index (κ3) is 7.79. The summed E-state index contributed by atoms with van der Waals surface area (Å²) in [6, 6.07) is 12.7. The summed E-state index contributed by atoms with van der Waals surface area (Å²) in [5.74, 6) is -3.22. The summed E-state index contributed by atoms with van der Waals surface area (Å²) in [6.45, 7) is 0. The van der Waals surface area contributed by atoms with Crippen LogP contribution in [0.5, 0.6) is 11.5 Å². The summed E-state index contributed by atoms with van der Waals surface area (Å²) in [6.07, 6.45) is 2.93. The van der Waals surface area contributed by atoms with E-state index in [2.05, 4.69) is 10.6 Å². The number of carboxylic acids is 2. The fourth-order valence-electron chi connectivity index (χ4n) is 2.00. The molecule has 0 atom stereocenters. The molecule has 0 spiro atoms. The lowest BCUT2D eigenvalue weighted by Crippen LogP contribution is -2.20. The topological polar surface area (TPSA) is 148 Å². The van der Waals surface area contributed by atoms with Gasteiger partial charge in [-0.3, -0.25) is 9.59 Å². The van der Waals surface area contributed by atoms with E-state index in [1.165, 1.54) is 0 Å². The number of nitrogens with one attached hydrogen (secondary N) is 2. The minimum Gasteiger partial charge on any atom is -0.545 e. The van der Waals surface area contributed by atoms with Crippen molar-refractivity contribution in [2.45, 2.75) is 0 Å². The van der Waals surface area contributed by atoms with Crippen LogP contribution in [-0.2, 0) is 19.2 Å². The van der Waals surface area contributed by atoms with E-state index in [9.17, 15) is 29.4 Å². The predicted molar refractivity (Wildman–Crippen MR) is 98.5 cm³/mol. The minimum absolute atomic E-state index is 0.438. The molecule has 9 nitrogen and oxygen atoms in total. The van der Waals surface area contributed by atoms with Crippen molar-refractivity contribution in [3.63, 3.8) is 0 Å². The number of benzene rings is 2. The van der Waals surface area contributed by atoms with E-state index in [0.717, 1.165) is 12.2 Å². The second-order valence-corrected chi connectivity index (χ2v) is 5.43. The van der Waals surface area contributed by atoms with Crippen LogP contribution in [0.4, 0.5) is 11.4 Å². The van der Waals surface area contributed by atoms with E-state index in [1.807, 2.05) is 0 Å². The molecular weight excluding hydrogens is 380 g/mol. The number of hydrogen-bond donors (Lipinski definition) is 2. The van der Waals surface area contributed by atoms with Crippen molar-refractivity contribution in [2.75, 3.05) is 10.6 Å². The zero-order valence-corrected chi connectivity index (χ0v) is 14.8. The Bertz CT molecular complexity index is 882. The molecule has 0 fully saturated rings. The van der Waals surface area contributed by atoms with Crippen LogP contribution in [0.25, 0.3) is 0 Å². The zero-order chi connectivity index (χ0) is 21.2. The molecule has 29 heavy (non-hydrogen) atoms. The molecule has 2 aromatic carbocycles. The van der Waals surface area contributed by atoms with Gasteiger partial charge in [-0.1, -0.05) is 0 Å². The lowest BCUT2D eigenvalue weighted by molar-refractivity contribution is -0.298. The molecule has 148 valence electrons. The third-order valence-electron chi connectivity index (χ3n) is 3.22. The summed E-state index contributed by atoms with van der Waals surface area (Å²) in [5.41, 5.74) is 0.876. The van der Waals surface area contributed by atoms with Crippen LogP contribution in [0, 0.1) is 0 Å². The van der Waals surface area contributed by atoms with E-state index in [-0.39, 0.29) is 0 Å². The summed E-state index contributed by atoms with van der Waals surface area (Å²) in [4.78, 5) is 43.5. The van der Waals surface area contributed by atoms with Gasteiger partial charge in [-0.05, 0) is 60.7 Å². The maximum Gasteiger partial charge on any atom is 0.248 e. The van der Waals surface area contributed by atoms with Crippen LogP contribution in [0.15, 0.2) is 72.8 Å². The van der Waals surface area contributed by atoms with Gasteiger partial charge in [0.05, 0.1) is 11.9 Å². The van der Waals surface area contributed by atoms with Gasteiger partial charge in [-0.25, -0.2) is 0 Å². The van der Waals surface area contributed by atoms with Crippen LogP contribution in [-0.4, -0.2) is 23.8 Å². The quantitative estimate of drug-likeness (QED) is 0.597. The Labute approximate surface area is 164 Å². The van der Waals surface area contributed by atoms with Gasteiger partial charge in [0.2, 0.25) is 11.8 Å². The van der Waals surface area contributed by atoms with Crippen molar-refractivity contribution >= 4 is 35.1 Å². The van der Waals surface area contributed by atoms with Crippen LogP contribution in [0.2, 0.25) is 0 Å². The van der Waals surface area contributed by atoms with Crippen molar-refractivity contribution < 1.29 is 34.1 Å². The first kappa shape index (κ1) is 20.9. The lowest BCUT2D eigenvalue weighted by Gasteiger charge is -2.08. The van der Waals surface area contributed by atoms with Gasteiger partial charge < -0.3 is 35.2 Å². The molecule has 0 aliphatic heterocycles. The second-order valence-electron chi connectivity index (χ2n) is 5.43. The zero-order valence-electron chi connectivity index (χ0n) is 14.8. The smallest absolute Gasteiger partial charge is 0.248 e. The minimum atomic E-state index is -1.47. The largest absolute Gasteiger partial charge is 0.545 e.